The number of ether oxygens (including phenoxy) is 10. The molecule has 15 nitrogen and oxygen atoms in total. The lowest BCUT2D eigenvalue weighted by atomic mass is 9.95. The minimum atomic E-state index is -1.44. The number of esters is 2. The number of carbonyl (C=O) groups is 2. The highest BCUT2D eigenvalue weighted by molar-refractivity contribution is 5.75. The molecule has 2 aliphatic heterocycles. The van der Waals surface area contributed by atoms with Crippen LogP contribution < -0.4 is 0 Å². The average molecular weight is 812 g/mol. The van der Waals surface area contributed by atoms with Crippen LogP contribution in [0.15, 0.2) is 126 Å². The van der Waals surface area contributed by atoms with Crippen LogP contribution >= 0.6 is 0 Å². The fourth-order valence-electron chi connectivity index (χ4n) is 6.95. The van der Waals surface area contributed by atoms with E-state index in [0.717, 1.165) is 22.3 Å². The quantitative estimate of drug-likeness (QED) is 0.0453. The largest absolute Gasteiger partial charge is 0.467 e. The Labute approximate surface area is 342 Å². The van der Waals surface area contributed by atoms with Crippen molar-refractivity contribution in [2.24, 2.45) is 5.11 Å². The van der Waals surface area contributed by atoms with E-state index in [9.17, 15) is 15.1 Å². The van der Waals surface area contributed by atoms with Gasteiger partial charge in [0.05, 0.1) is 33.5 Å². The molecule has 4 aromatic rings. The molecular formula is C44H49N3O12. The summed E-state index contributed by atoms with van der Waals surface area (Å²) in [5, 5.41) is 4.16. The van der Waals surface area contributed by atoms with Crippen molar-refractivity contribution in [2.45, 2.75) is 94.7 Å². The SMILES string of the molecule is COC(=O)[C@H]1O[C@H](OC)[C@H](OCc2ccccc2)[C@@H](OCc2ccccc2)[C@@H]1OC1O[C@H](COC(C)=O)[C@@H](OCc2ccccc2)[C@H](OCc2ccccc2)[C@H]1N=[N+]=[N-]. The molecule has 10 atom stereocenters. The Morgan fingerprint density at radius 2 is 1.07 bits per heavy atom. The third-order valence-electron chi connectivity index (χ3n) is 9.84. The van der Waals surface area contributed by atoms with Crippen molar-refractivity contribution in [3.63, 3.8) is 0 Å². The third kappa shape index (κ3) is 12.0. The van der Waals surface area contributed by atoms with Crippen molar-refractivity contribution in [1.29, 1.82) is 0 Å². The first kappa shape index (κ1) is 43.4. The molecule has 15 heteroatoms. The zero-order valence-corrected chi connectivity index (χ0v) is 33.1. The van der Waals surface area contributed by atoms with Crippen LogP contribution in [0.25, 0.3) is 10.4 Å². The number of rotatable bonds is 19. The van der Waals surface area contributed by atoms with Crippen LogP contribution in [0.1, 0.15) is 29.2 Å². The summed E-state index contributed by atoms with van der Waals surface area (Å²) in [6, 6.07) is 36.6. The Morgan fingerprint density at radius 1 is 0.610 bits per heavy atom. The molecule has 0 aliphatic carbocycles. The topological polar surface area (TPSA) is 175 Å². The van der Waals surface area contributed by atoms with E-state index in [1.54, 1.807) is 0 Å². The van der Waals surface area contributed by atoms with E-state index < -0.39 is 73.3 Å². The molecule has 0 amide bonds. The number of azide groups is 1. The van der Waals surface area contributed by atoms with Crippen molar-refractivity contribution in [3.8, 4) is 0 Å². The lowest BCUT2D eigenvalue weighted by molar-refractivity contribution is -0.351. The van der Waals surface area contributed by atoms with E-state index in [4.69, 9.17) is 47.4 Å². The number of methoxy groups -OCH3 is 2. The van der Waals surface area contributed by atoms with E-state index in [1.807, 2.05) is 121 Å². The summed E-state index contributed by atoms with van der Waals surface area (Å²) in [6.45, 7) is 1.44. The highest BCUT2D eigenvalue weighted by Crippen LogP contribution is 2.36. The zero-order chi connectivity index (χ0) is 41.4. The summed E-state index contributed by atoms with van der Waals surface area (Å²) in [5.74, 6) is -1.35. The second-order valence-electron chi connectivity index (χ2n) is 13.9. The molecule has 0 spiro atoms. The van der Waals surface area contributed by atoms with Crippen LogP contribution in [-0.2, 0) is 83.4 Å². The lowest BCUT2D eigenvalue weighted by Crippen LogP contribution is -2.66. The first-order valence-corrected chi connectivity index (χ1v) is 19.2. The van der Waals surface area contributed by atoms with Crippen LogP contribution in [0.5, 0.6) is 0 Å². The van der Waals surface area contributed by atoms with E-state index in [2.05, 4.69) is 10.0 Å². The average Bonchev–Trinajstić information content (AvgIpc) is 3.27. The van der Waals surface area contributed by atoms with E-state index >= 15 is 0 Å². The predicted molar refractivity (Wildman–Crippen MR) is 211 cm³/mol. The predicted octanol–water partition coefficient (Wildman–Crippen LogP) is 6.22. The van der Waals surface area contributed by atoms with Crippen LogP contribution in [0.3, 0.4) is 0 Å². The second kappa shape index (κ2) is 22.3. The number of nitrogens with zero attached hydrogens (tertiary/aromatic N) is 3. The maximum atomic E-state index is 13.6. The summed E-state index contributed by atoms with van der Waals surface area (Å²) in [4.78, 5) is 29.0. The normalized spacial score (nSPS) is 26.6. The van der Waals surface area contributed by atoms with Gasteiger partial charge in [-0.25, -0.2) is 4.79 Å². The molecule has 2 fully saturated rings. The second-order valence-corrected chi connectivity index (χ2v) is 13.9. The van der Waals surface area contributed by atoms with Gasteiger partial charge in [0.1, 0.15) is 49.3 Å². The molecule has 2 aliphatic rings. The molecular weight excluding hydrogens is 762 g/mol. The van der Waals surface area contributed by atoms with Crippen molar-refractivity contribution >= 4 is 11.9 Å². The lowest BCUT2D eigenvalue weighted by Gasteiger charge is -2.49. The van der Waals surface area contributed by atoms with Gasteiger partial charge < -0.3 is 47.4 Å². The van der Waals surface area contributed by atoms with Gasteiger partial charge in [0.2, 0.25) is 0 Å². The van der Waals surface area contributed by atoms with E-state index in [0.29, 0.717) is 0 Å². The molecule has 312 valence electrons. The fraction of sp³-hybridized carbons (Fsp3) is 0.409. The van der Waals surface area contributed by atoms with Gasteiger partial charge in [-0.1, -0.05) is 126 Å². The van der Waals surface area contributed by atoms with Gasteiger partial charge in [0.15, 0.2) is 18.7 Å². The monoisotopic (exact) mass is 811 g/mol. The molecule has 2 heterocycles. The van der Waals surface area contributed by atoms with E-state index in [-0.39, 0.29) is 33.0 Å². The summed E-state index contributed by atoms with van der Waals surface area (Å²) in [5.41, 5.74) is 13.4. The minimum absolute atomic E-state index is 0.0828. The van der Waals surface area contributed by atoms with Crippen LogP contribution in [0, 0.1) is 0 Å². The zero-order valence-electron chi connectivity index (χ0n) is 33.1. The third-order valence-corrected chi connectivity index (χ3v) is 9.84. The standard InChI is InChI=1S/C44H49N3O12/c1-29(48)52-28-34-36(53-24-30-16-8-4-9-17-30)37(54-25-31-18-10-5-11-19-31)35(46-47-45)43(57-34)58-39-38(55-26-32-20-12-6-13-21-32)41(56-27-33-22-14-7-15-23-33)44(51-3)59-40(39)42(49)50-2/h4-23,34-41,43-44H,24-28H2,1-3H3/t34-,35-,36-,37-,38+,39+,40+,41-,43?,44+/m1/s1. The molecule has 2 saturated heterocycles. The molecule has 0 radical (unpaired) electrons. The first-order chi connectivity index (χ1) is 28.9. The molecule has 0 saturated carbocycles. The van der Waals surface area contributed by atoms with Crippen LogP contribution in [0.2, 0.25) is 0 Å². The smallest absolute Gasteiger partial charge is 0.337 e. The van der Waals surface area contributed by atoms with Gasteiger partial charge in [0.25, 0.3) is 0 Å². The molecule has 59 heavy (non-hydrogen) atoms. The fourth-order valence-corrected chi connectivity index (χ4v) is 6.95. The Morgan fingerprint density at radius 3 is 1.51 bits per heavy atom. The Bertz CT molecular complexity index is 1920. The van der Waals surface area contributed by atoms with Gasteiger partial charge in [-0.3, -0.25) is 4.79 Å². The Hall–Kier alpha value is -5.19. The Kier molecular flexibility index (Phi) is 16.4. The van der Waals surface area contributed by atoms with E-state index in [1.165, 1.54) is 21.1 Å². The molecule has 0 bridgehead atoms. The van der Waals surface area contributed by atoms with Crippen molar-refractivity contribution in [1.82, 2.24) is 0 Å². The number of carbonyl (C=O) groups excluding carboxylic acids is 2. The molecule has 4 aromatic carbocycles. The minimum Gasteiger partial charge on any atom is -0.467 e. The van der Waals surface area contributed by atoms with Gasteiger partial charge in [0, 0.05) is 18.9 Å². The number of hydrogen-bond acceptors (Lipinski definition) is 13. The molecule has 1 unspecified atom stereocenters. The van der Waals surface area contributed by atoms with Gasteiger partial charge >= 0.3 is 11.9 Å². The summed E-state index contributed by atoms with van der Waals surface area (Å²) >= 11 is 0. The maximum Gasteiger partial charge on any atom is 0.337 e. The number of benzene rings is 4. The van der Waals surface area contributed by atoms with Crippen molar-refractivity contribution in [3.05, 3.63) is 154 Å². The maximum absolute atomic E-state index is 13.6. The van der Waals surface area contributed by atoms with Crippen LogP contribution in [0.4, 0.5) is 0 Å². The highest BCUT2D eigenvalue weighted by Gasteiger charge is 2.56. The summed E-state index contributed by atoms with van der Waals surface area (Å²) < 4.78 is 62.3. The first-order valence-electron chi connectivity index (χ1n) is 19.2. The summed E-state index contributed by atoms with van der Waals surface area (Å²) in [7, 11) is 2.65. The molecule has 0 N–H and O–H groups in total. The number of hydrogen-bond donors (Lipinski definition) is 0. The molecule has 6 rings (SSSR count). The highest BCUT2D eigenvalue weighted by atomic mass is 16.8. The summed E-state index contributed by atoms with van der Waals surface area (Å²) in [6.07, 6.45) is -10.3. The Balaban J connectivity index is 1.39. The van der Waals surface area contributed by atoms with Crippen molar-refractivity contribution in [2.75, 3.05) is 20.8 Å². The van der Waals surface area contributed by atoms with Crippen molar-refractivity contribution < 1.29 is 57.0 Å². The van der Waals surface area contributed by atoms with Gasteiger partial charge in [-0.2, -0.15) is 0 Å². The van der Waals surface area contributed by atoms with Crippen LogP contribution in [-0.4, -0.2) is 94.1 Å². The molecule has 0 aromatic heterocycles. The van der Waals surface area contributed by atoms with Gasteiger partial charge in [-0.15, -0.1) is 0 Å². The van der Waals surface area contributed by atoms with Gasteiger partial charge in [-0.05, 0) is 27.8 Å².